The first kappa shape index (κ1) is 13.0. The van der Waals surface area contributed by atoms with Crippen molar-refractivity contribution in [2.45, 2.75) is 26.2 Å². The highest BCUT2D eigenvalue weighted by Gasteiger charge is 2.24. The predicted molar refractivity (Wildman–Crippen MR) is 69.3 cm³/mol. The summed E-state index contributed by atoms with van der Waals surface area (Å²) in [5.74, 6) is 0.443. The number of piperidine rings is 1. The van der Waals surface area contributed by atoms with Crippen LogP contribution in [-0.4, -0.2) is 40.6 Å². The van der Waals surface area contributed by atoms with Crippen molar-refractivity contribution in [3.63, 3.8) is 0 Å². The Morgan fingerprint density at radius 1 is 1.56 bits per heavy atom. The van der Waals surface area contributed by atoms with E-state index in [9.17, 15) is 4.79 Å². The van der Waals surface area contributed by atoms with Crippen LogP contribution in [0.2, 0.25) is 0 Å². The number of aromatic nitrogens is 1. The lowest BCUT2D eigenvalue weighted by Gasteiger charge is -2.32. The van der Waals surface area contributed by atoms with Gasteiger partial charge in [0, 0.05) is 25.4 Å². The Morgan fingerprint density at radius 3 is 3.11 bits per heavy atom. The van der Waals surface area contributed by atoms with Crippen LogP contribution in [0.5, 0.6) is 0 Å². The molecule has 0 bridgehead atoms. The Kier molecular flexibility index (Phi) is 4.31. The third kappa shape index (κ3) is 3.07. The van der Waals surface area contributed by atoms with Gasteiger partial charge in [0.15, 0.2) is 0 Å². The fourth-order valence-electron chi connectivity index (χ4n) is 2.49. The largest absolute Gasteiger partial charge is 0.396 e. The molecular formula is C14H20N2O2. The molecule has 1 atom stereocenters. The molecule has 1 N–H and O–H groups in total. The van der Waals surface area contributed by atoms with E-state index < -0.39 is 0 Å². The first-order valence-corrected chi connectivity index (χ1v) is 6.54. The van der Waals surface area contributed by atoms with Crippen molar-refractivity contribution in [2.24, 2.45) is 5.92 Å². The number of aliphatic hydroxyl groups excluding tert-OH is 1. The van der Waals surface area contributed by atoms with Crippen LogP contribution in [0.3, 0.4) is 0 Å². The van der Waals surface area contributed by atoms with Crippen molar-refractivity contribution in [2.75, 3.05) is 19.7 Å². The van der Waals surface area contributed by atoms with E-state index in [-0.39, 0.29) is 12.5 Å². The molecule has 1 aliphatic rings. The van der Waals surface area contributed by atoms with Gasteiger partial charge in [0.25, 0.3) is 5.91 Å². The lowest BCUT2D eigenvalue weighted by molar-refractivity contribution is 0.0647. The third-order valence-electron chi connectivity index (χ3n) is 3.45. The van der Waals surface area contributed by atoms with Crippen molar-refractivity contribution in [3.8, 4) is 0 Å². The maximum absolute atomic E-state index is 12.3. The van der Waals surface area contributed by atoms with Gasteiger partial charge >= 0.3 is 0 Å². The SMILES string of the molecule is Cc1cccc(C(=O)N2CCCC(CCO)C2)n1. The van der Waals surface area contributed by atoms with E-state index in [2.05, 4.69) is 4.98 Å². The number of carbonyl (C=O) groups excluding carboxylic acids is 1. The minimum Gasteiger partial charge on any atom is -0.396 e. The molecular weight excluding hydrogens is 228 g/mol. The van der Waals surface area contributed by atoms with Crippen LogP contribution in [-0.2, 0) is 0 Å². The maximum atomic E-state index is 12.3. The molecule has 2 rings (SSSR count). The number of amides is 1. The van der Waals surface area contributed by atoms with Crippen molar-refractivity contribution in [1.82, 2.24) is 9.88 Å². The smallest absolute Gasteiger partial charge is 0.272 e. The highest BCUT2D eigenvalue weighted by molar-refractivity contribution is 5.92. The highest BCUT2D eigenvalue weighted by Crippen LogP contribution is 2.20. The standard InChI is InChI=1S/C14H20N2O2/c1-11-4-2-6-13(15-11)14(18)16-8-3-5-12(10-16)7-9-17/h2,4,6,12,17H,3,5,7-10H2,1H3. The van der Waals surface area contributed by atoms with E-state index in [0.29, 0.717) is 11.6 Å². The highest BCUT2D eigenvalue weighted by atomic mass is 16.3. The molecule has 98 valence electrons. The Hall–Kier alpha value is -1.42. The Labute approximate surface area is 108 Å². The first-order valence-electron chi connectivity index (χ1n) is 6.54. The number of rotatable bonds is 3. The predicted octanol–water partition coefficient (Wildman–Crippen LogP) is 1.62. The molecule has 4 heteroatoms. The summed E-state index contributed by atoms with van der Waals surface area (Å²) in [7, 11) is 0. The second-order valence-electron chi connectivity index (χ2n) is 4.94. The molecule has 18 heavy (non-hydrogen) atoms. The zero-order chi connectivity index (χ0) is 13.0. The van der Waals surface area contributed by atoms with Crippen molar-refractivity contribution in [3.05, 3.63) is 29.6 Å². The van der Waals surface area contributed by atoms with E-state index in [0.717, 1.165) is 38.0 Å². The molecule has 1 fully saturated rings. The van der Waals surface area contributed by atoms with Crippen LogP contribution in [0.15, 0.2) is 18.2 Å². The topological polar surface area (TPSA) is 53.4 Å². The molecule has 0 radical (unpaired) electrons. The van der Waals surface area contributed by atoms with Crippen molar-refractivity contribution >= 4 is 5.91 Å². The summed E-state index contributed by atoms with van der Waals surface area (Å²) < 4.78 is 0. The summed E-state index contributed by atoms with van der Waals surface area (Å²) >= 11 is 0. The van der Waals surface area contributed by atoms with Crippen LogP contribution < -0.4 is 0 Å². The van der Waals surface area contributed by atoms with Gasteiger partial charge in [0.1, 0.15) is 5.69 Å². The fraction of sp³-hybridized carbons (Fsp3) is 0.571. The molecule has 1 saturated heterocycles. The van der Waals surface area contributed by atoms with E-state index in [1.54, 1.807) is 6.07 Å². The number of carbonyl (C=O) groups is 1. The van der Waals surface area contributed by atoms with Crippen LogP contribution in [0.25, 0.3) is 0 Å². The normalized spacial score (nSPS) is 19.9. The minimum atomic E-state index is 0.0151. The number of nitrogens with zero attached hydrogens (tertiary/aromatic N) is 2. The zero-order valence-corrected chi connectivity index (χ0v) is 10.8. The summed E-state index contributed by atoms with van der Waals surface area (Å²) in [6, 6.07) is 5.53. The lowest BCUT2D eigenvalue weighted by Crippen LogP contribution is -2.40. The average molecular weight is 248 g/mol. The van der Waals surface area contributed by atoms with E-state index in [1.165, 1.54) is 0 Å². The average Bonchev–Trinajstić information content (AvgIpc) is 2.39. The van der Waals surface area contributed by atoms with Gasteiger partial charge in [-0.25, -0.2) is 4.98 Å². The number of likely N-dealkylation sites (tertiary alicyclic amines) is 1. The summed E-state index contributed by atoms with van der Waals surface area (Å²) in [6.07, 6.45) is 2.90. The Bertz CT molecular complexity index is 418. The molecule has 1 aromatic rings. The number of aryl methyl sites for hydroxylation is 1. The van der Waals surface area contributed by atoms with Crippen molar-refractivity contribution in [1.29, 1.82) is 0 Å². The van der Waals surface area contributed by atoms with E-state index >= 15 is 0 Å². The molecule has 0 aromatic carbocycles. The Morgan fingerprint density at radius 2 is 2.39 bits per heavy atom. The fourth-order valence-corrected chi connectivity index (χ4v) is 2.49. The molecule has 1 amide bonds. The number of hydrogen-bond donors (Lipinski definition) is 1. The second kappa shape index (κ2) is 5.96. The minimum absolute atomic E-state index is 0.0151. The van der Waals surface area contributed by atoms with Gasteiger partial charge in [-0.2, -0.15) is 0 Å². The summed E-state index contributed by atoms with van der Waals surface area (Å²) in [6.45, 7) is 3.64. The van der Waals surface area contributed by atoms with Gasteiger partial charge in [-0.15, -0.1) is 0 Å². The third-order valence-corrected chi connectivity index (χ3v) is 3.45. The molecule has 0 spiro atoms. The van der Waals surface area contributed by atoms with Gasteiger partial charge in [0.05, 0.1) is 0 Å². The zero-order valence-electron chi connectivity index (χ0n) is 10.8. The second-order valence-corrected chi connectivity index (χ2v) is 4.94. The molecule has 4 nitrogen and oxygen atoms in total. The maximum Gasteiger partial charge on any atom is 0.272 e. The summed E-state index contributed by atoms with van der Waals surface area (Å²) in [5.41, 5.74) is 1.39. The molecule has 1 unspecified atom stereocenters. The summed E-state index contributed by atoms with van der Waals surface area (Å²) in [5, 5.41) is 8.98. The molecule has 1 aromatic heterocycles. The molecule has 2 heterocycles. The van der Waals surface area contributed by atoms with Crippen LogP contribution >= 0.6 is 0 Å². The van der Waals surface area contributed by atoms with E-state index in [1.807, 2.05) is 24.0 Å². The number of hydrogen-bond acceptors (Lipinski definition) is 3. The quantitative estimate of drug-likeness (QED) is 0.884. The van der Waals surface area contributed by atoms with Gasteiger partial charge < -0.3 is 10.0 Å². The van der Waals surface area contributed by atoms with Gasteiger partial charge in [-0.1, -0.05) is 6.07 Å². The first-order chi connectivity index (χ1) is 8.70. The number of pyridine rings is 1. The number of aliphatic hydroxyl groups is 1. The van der Waals surface area contributed by atoms with Crippen LogP contribution in [0.4, 0.5) is 0 Å². The van der Waals surface area contributed by atoms with Crippen LogP contribution in [0.1, 0.15) is 35.4 Å². The summed E-state index contributed by atoms with van der Waals surface area (Å²) in [4.78, 5) is 18.4. The van der Waals surface area contributed by atoms with Crippen LogP contribution in [0, 0.1) is 12.8 Å². The van der Waals surface area contributed by atoms with Gasteiger partial charge in [-0.3, -0.25) is 4.79 Å². The van der Waals surface area contributed by atoms with E-state index in [4.69, 9.17) is 5.11 Å². The Balaban J connectivity index is 2.04. The monoisotopic (exact) mass is 248 g/mol. The van der Waals surface area contributed by atoms with Gasteiger partial charge in [0.2, 0.25) is 0 Å². The molecule has 0 aliphatic carbocycles. The molecule has 1 aliphatic heterocycles. The lowest BCUT2D eigenvalue weighted by atomic mass is 9.95. The van der Waals surface area contributed by atoms with Gasteiger partial charge in [-0.05, 0) is 44.2 Å². The van der Waals surface area contributed by atoms with Crippen molar-refractivity contribution < 1.29 is 9.90 Å². The molecule has 0 saturated carbocycles.